The number of nitrogens with zero attached hydrogens (tertiary/aromatic N) is 1. The average Bonchev–Trinajstić information content (AvgIpc) is 2.53. The van der Waals surface area contributed by atoms with Gasteiger partial charge in [0.2, 0.25) is 6.08 Å². The molecule has 0 aromatic heterocycles. The summed E-state index contributed by atoms with van der Waals surface area (Å²) in [4.78, 5) is 11.5. The second-order valence-electron chi connectivity index (χ2n) is 5.93. The van der Waals surface area contributed by atoms with Gasteiger partial charge in [-0.25, -0.2) is 4.79 Å². The van der Waals surface area contributed by atoms with Crippen LogP contribution in [0, 0.1) is 0 Å². The second kappa shape index (κ2) is 8.00. The van der Waals surface area contributed by atoms with E-state index in [0.29, 0.717) is 11.8 Å². The van der Waals surface area contributed by atoms with Crippen molar-refractivity contribution in [2.75, 3.05) is 0 Å². The largest absolute Gasteiger partial charge is 0.457 e. The zero-order valence-corrected chi connectivity index (χ0v) is 14.7. The van der Waals surface area contributed by atoms with Gasteiger partial charge < -0.3 is 4.74 Å². The molecule has 2 aromatic carbocycles. The van der Waals surface area contributed by atoms with Gasteiger partial charge in [0.05, 0.1) is 0 Å². The van der Waals surface area contributed by atoms with Gasteiger partial charge in [0.15, 0.2) is 0 Å². The Kier molecular flexibility index (Phi) is 6.03. The van der Waals surface area contributed by atoms with E-state index in [0.717, 1.165) is 27.5 Å². The first kappa shape index (κ1) is 17.3. The van der Waals surface area contributed by atoms with Gasteiger partial charge in [-0.05, 0) is 47.2 Å². The number of rotatable bonds is 6. The van der Waals surface area contributed by atoms with Crippen molar-refractivity contribution in [3.8, 4) is 11.5 Å². The lowest BCUT2D eigenvalue weighted by Gasteiger charge is -2.19. The summed E-state index contributed by atoms with van der Waals surface area (Å²) in [5.74, 6) is 2.22. The normalized spacial score (nSPS) is 10.7. The molecule has 0 bridgehead atoms. The first-order chi connectivity index (χ1) is 11.0. The SMILES string of the molecule is CC(C)c1cc(Oc2ccccc2)cc(C(C)C)c1SN=C=O. The van der Waals surface area contributed by atoms with E-state index in [-0.39, 0.29) is 0 Å². The summed E-state index contributed by atoms with van der Waals surface area (Å²) in [5.41, 5.74) is 2.26. The molecule has 0 aliphatic heterocycles. The number of ether oxygens (including phenoxy) is 1. The molecule has 0 saturated heterocycles. The second-order valence-corrected chi connectivity index (χ2v) is 6.70. The Labute approximate surface area is 141 Å². The summed E-state index contributed by atoms with van der Waals surface area (Å²) in [7, 11) is 0. The fourth-order valence-corrected chi connectivity index (χ4v) is 3.29. The van der Waals surface area contributed by atoms with Crippen molar-refractivity contribution in [3.05, 3.63) is 53.6 Å². The smallest absolute Gasteiger partial charge is 0.247 e. The van der Waals surface area contributed by atoms with E-state index in [1.165, 1.54) is 11.9 Å². The quantitative estimate of drug-likeness (QED) is 0.367. The van der Waals surface area contributed by atoms with Crippen molar-refractivity contribution in [1.29, 1.82) is 0 Å². The molecule has 0 N–H and O–H groups in total. The van der Waals surface area contributed by atoms with Crippen molar-refractivity contribution in [3.63, 3.8) is 0 Å². The molecule has 0 aliphatic carbocycles. The van der Waals surface area contributed by atoms with Gasteiger partial charge in [-0.3, -0.25) is 0 Å². The molecule has 0 radical (unpaired) electrons. The van der Waals surface area contributed by atoms with Crippen LogP contribution in [0.15, 0.2) is 51.8 Å². The molecule has 0 saturated carbocycles. The van der Waals surface area contributed by atoms with Gasteiger partial charge in [-0.15, -0.1) is 4.40 Å². The molecule has 0 atom stereocenters. The maximum atomic E-state index is 10.5. The minimum atomic E-state index is 0.302. The van der Waals surface area contributed by atoms with Gasteiger partial charge >= 0.3 is 0 Å². The van der Waals surface area contributed by atoms with Crippen molar-refractivity contribution < 1.29 is 9.53 Å². The third-order valence-electron chi connectivity index (χ3n) is 3.52. The van der Waals surface area contributed by atoms with Crippen molar-refractivity contribution in [1.82, 2.24) is 0 Å². The minimum Gasteiger partial charge on any atom is -0.457 e. The third-order valence-corrected chi connectivity index (χ3v) is 4.34. The fourth-order valence-electron chi connectivity index (χ4n) is 2.36. The van der Waals surface area contributed by atoms with Crippen LogP contribution in [0.3, 0.4) is 0 Å². The van der Waals surface area contributed by atoms with Crippen molar-refractivity contribution in [2.24, 2.45) is 4.40 Å². The molecule has 0 aliphatic rings. The maximum absolute atomic E-state index is 10.5. The van der Waals surface area contributed by atoms with E-state index >= 15 is 0 Å². The topological polar surface area (TPSA) is 38.7 Å². The van der Waals surface area contributed by atoms with Gasteiger partial charge in [0.1, 0.15) is 11.5 Å². The van der Waals surface area contributed by atoms with Crippen LogP contribution >= 0.6 is 11.9 Å². The standard InChI is InChI=1S/C19H21NO2S/c1-13(2)17-10-16(22-15-8-6-5-7-9-15)11-18(14(3)4)19(17)23-20-12-21/h5-11,13-14H,1-4H3. The summed E-state index contributed by atoms with van der Waals surface area (Å²) in [6, 6.07) is 13.8. The van der Waals surface area contributed by atoms with E-state index < -0.39 is 0 Å². The van der Waals surface area contributed by atoms with Crippen LogP contribution in [-0.4, -0.2) is 6.08 Å². The molecular formula is C19H21NO2S. The number of para-hydroxylation sites is 1. The molecule has 0 amide bonds. The summed E-state index contributed by atoms with van der Waals surface area (Å²) in [6.45, 7) is 8.50. The molecule has 0 spiro atoms. The molecule has 0 heterocycles. The first-order valence-electron chi connectivity index (χ1n) is 7.67. The summed E-state index contributed by atoms with van der Waals surface area (Å²) in [6.07, 6.45) is 1.61. The van der Waals surface area contributed by atoms with Crippen LogP contribution in [0.4, 0.5) is 0 Å². The van der Waals surface area contributed by atoms with E-state index in [1.807, 2.05) is 42.5 Å². The molecule has 2 rings (SSSR count). The predicted octanol–water partition coefficient (Wildman–Crippen LogP) is 6.07. The Morgan fingerprint density at radius 3 is 2.00 bits per heavy atom. The van der Waals surface area contributed by atoms with Crippen LogP contribution in [-0.2, 0) is 4.79 Å². The Hall–Kier alpha value is -2.03. The molecule has 3 nitrogen and oxygen atoms in total. The van der Waals surface area contributed by atoms with Crippen LogP contribution in [0.25, 0.3) is 0 Å². The summed E-state index contributed by atoms with van der Waals surface area (Å²) < 4.78 is 9.71. The highest BCUT2D eigenvalue weighted by atomic mass is 32.2. The lowest BCUT2D eigenvalue weighted by Crippen LogP contribution is -2.00. The Morgan fingerprint density at radius 2 is 1.52 bits per heavy atom. The van der Waals surface area contributed by atoms with Gasteiger partial charge in [-0.1, -0.05) is 45.9 Å². The van der Waals surface area contributed by atoms with Crippen molar-refractivity contribution >= 4 is 18.0 Å². The summed E-state index contributed by atoms with van der Waals surface area (Å²) in [5, 5.41) is 0. The summed E-state index contributed by atoms with van der Waals surface area (Å²) >= 11 is 1.19. The Bertz CT molecular complexity index is 676. The average molecular weight is 327 g/mol. The first-order valence-corrected chi connectivity index (χ1v) is 8.45. The monoisotopic (exact) mass is 327 g/mol. The van der Waals surface area contributed by atoms with Crippen LogP contribution in [0.1, 0.15) is 50.7 Å². The van der Waals surface area contributed by atoms with E-state index in [2.05, 4.69) is 32.1 Å². The van der Waals surface area contributed by atoms with E-state index in [1.54, 1.807) is 6.08 Å². The predicted molar refractivity (Wildman–Crippen MR) is 95.1 cm³/mol. The Morgan fingerprint density at radius 1 is 0.957 bits per heavy atom. The zero-order chi connectivity index (χ0) is 16.8. The zero-order valence-electron chi connectivity index (χ0n) is 13.9. The van der Waals surface area contributed by atoms with Gasteiger partial charge in [-0.2, -0.15) is 0 Å². The van der Waals surface area contributed by atoms with Crippen LogP contribution in [0.5, 0.6) is 11.5 Å². The van der Waals surface area contributed by atoms with Crippen molar-refractivity contribution in [2.45, 2.75) is 44.4 Å². The maximum Gasteiger partial charge on any atom is 0.247 e. The molecule has 0 unspecified atom stereocenters. The number of hydrogen-bond acceptors (Lipinski definition) is 4. The molecule has 0 fully saturated rings. The lowest BCUT2D eigenvalue weighted by atomic mass is 9.95. The Balaban J connectivity index is 2.50. The van der Waals surface area contributed by atoms with Crippen LogP contribution < -0.4 is 4.74 Å². The molecule has 23 heavy (non-hydrogen) atoms. The van der Waals surface area contributed by atoms with Crippen LogP contribution in [0.2, 0.25) is 0 Å². The van der Waals surface area contributed by atoms with E-state index in [4.69, 9.17) is 4.74 Å². The number of hydrogen-bond donors (Lipinski definition) is 0. The lowest BCUT2D eigenvalue weighted by molar-refractivity contribution is 0.479. The molecular weight excluding hydrogens is 306 g/mol. The van der Waals surface area contributed by atoms with Gasteiger partial charge in [0.25, 0.3) is 0 Å². The van der Waals surface area contributed by atoms with E-state index in [9.17, 15) is 4.79 Å². The number of carbonyl (C=O) groups excluding carboxylic acids is 1. The highest BCUT2D eigenvalue weighted by molar-refractivity contribution is 7.98. The highest BCUT2D eigenvalue weighted by Gasteiger charge is 2.17. The molecule has 4 heteroatoms. The third kappa shape index (κ3) is 4.47. The molecule has 120 valence electrons. The fraction of sp³-hybridized carbons (Fsp3) is 0.316. The molecule has 2 aromatic rings. The number of benzene rings is 2. The number of isocyanates is 1. The minimum absolute atomic E-state index is 0.302. The van der Waals surface area contributed by atoms with Gasteiger partial charge in [0, 0.05) is 16.8 Å². The highest BCUT2D eigenvalue weighted by Crippen LogP contribution is 2.39.